The number of hydrogen-bond acceptors (Lipinski definition) is 2. The van der Waals surface area contributed by atoms with Crippen LogP contribution in [-0.4, -0.2) is 13.5 Å². The van der Waals surface area contributed by atoms with Crippen LogP contribution >= 0.6 is 0 Å². The minimum atomic E-state index is -4.68. The van der Waals surface area contributed by atoms with Gasteiger partial charge in [-0.15, -0.1) is 13.2 Å². The fraction of sp³-hybridized carbons (Fsp3) is 0.455. The van der Waals surface area contributed by atoms with E-state index in [1.807, 2.05) is 0 Å². The molecule has 0 heterocycles. The van der Waals surface area contributed by atoms with Gasteiger partial charge in [-0.3, -0.25) is 0 Å². The highest BCUT2D eigenvalue weighted by Crippen LogP contribution is 2.37. The first-order valence-electron chi connectivity index (χ1n) is 4.95. The van der Waals surface area contributed by atoms with E-state index in [1.54, 1.807) is 6.07 Å². The van der Waals surface area contributed by atoms with Gasteiger partial charge in [0.05, 0.1) is 7.11 Å². The molecule has 16 heavy (non-hydrogen) atoms. The lowest BCUT2D eigenvalue weighted by atomic mass is 10.1. The van der Waals surface area contributed by atoms with Crippen molar-refractivity contribution in [2.75, 3.05) is 7.11 Å². The fourth-order valence-corrected chi connectivity index (χ4v) is 1.94. The van der Waals surface area contributed by atoms with Crippen LogP contribution < -0.4 is 9.47 Å². The third kappa shape index (κ3) is 2.23. The molecule has 0 N–H and O–H groups in total. The van der Waals surface area contributed by atoms with E-state index in [4.69, 9.17) is 4.74 Å². The Balaban J connectivity index is 2.36. The predicted octanol–water partition coefficient (Wildman–Crippen LogP) is 3.08. The van der Waals surface area contributed by atoms with E-state index < -0.39 is 6.36 Å². The number of aryl methyl sites for hydroxylation is 2. The minimum absolute atomic E-state index is 0.137. The van der Waals surface area contributed by atoms with E-state index in [0.29, 0.717) is 0 Å². The lowest BCUT2D eigenvalue weighted by molar-refractivity contribution is -0.275. The lowest BCUT2D eigenvalue weighted by Crippen LogP contribution is -2.17. The van der Waals surface area contributed by atoms with Crippen molar-refractivity contribution in [1.82, 2.24) is 0 Å². The maximum Gasteiger partial charge on any atom is 0.573 e. The van der Waals surface area contributed by atoms with Crippen LogP contribution in [0.15, 0.2) is 12.1 Å². The highest BCUT2D eigenvalue weighted by atomic mass is 19.4. The Bertz CT molecular complexity index is 399. The second-order valence-electron chi connectivity index (χ2n) is 3.67. The standard InChI is InChI=1S/C11H11F3O2/c1-15-9-5-7-3-2-4-8(7)6-10(9)16-11(12,13)14/h5-6H,2-4H2,1H3. The van der Waals surface area contributed by atoms with Gasteiger partial charge >= 0.3 is 6.36 Å². The van der Waals surface area contributed by atoms with Crippen molar-refractivity contribution < 1.29 is 22.6 Å². The zero-order chi connectivity index (χ0) is 11.8. The van der Waals surface area contributed by atoms with Crippen molar-refractivity contribution in [2.45, 2.75) is 25.6 Å². The van der Waals surface area contributed by atoms with E-state index in [9.17, 15) is 13.2 Å². The van der Waals surface area contributed by atoms with E-state index in [0.717, 1.165) is 30.4 Å². The Morgan fingerprint density at radius 3 is 2.12 bits per heavy atom. The number of rotatable bonds is 2. The highest BCUT2D eigenvalue weighted by Gasteiger charge is 2.33. The molecule has 0 aromatic heterocycles. The smallest absolute Gasteiger partial charge is 0.493 e. The van der Waals surface area contributed by atoms with Gasteiger partial charge in [0.1, 0.15) is 0 Å². The molecule has 0 atom stereocenters. The third-order valence-electron chi connectivity index (χ3n) is 2.60. The average Bonchev–Trinajstić information content (AvgIpc) is 2.60. The molecule has 0 bridgehead atoms. The number of fused-ring (bicyclic) bond motifs is 1. The van der Waals surface area contributed by atoms with Crippen LogP contribution in [0.4, 0.5) is 13.2 Å². The largest absolute Gasteiger partial charge is 0.573 e. The molecule has 0 spiro atoms. The van der Waals surface area contributed by atoms with Gasteiger partial charge in [-0.05, 0) is 42.5 Å². The maximum atomic E-state index is 12.1. The van der Waals surface area contributed by atoms with Crippen LogP contribution in [0.5, 0.6) is 11.5 Å². The Hall–Kier alpha value is -1.39. The summed E-state index contributed by atoms with van der Waals surface area (Å²) in [6, 6.07) is 3.05. The lowest BCUT2D eigenvalue weighted by Gasteiger charge is -2.14. The topological polar surface area (TPSA) is 18.5 Å². The summed E-state index contributed by atoms with van der Waals surface area (Å²) in [4.78, 5) is 0. The number of ether oxygens (including phenoxy) is 2. The minimum Gasteiger partial charge on any atom is -0.493 e. The van der Waals surface area contributed by atoms with E-state index >= 15 is 0 Å². The summed E-state index contributed by atoms with van der Waals surface area (Å²) in [5.41, 5.74) is 1.96. The molecule has 0 radical (unpaired) electrons. The van der Waals surface area contributed by atoms with Crippen molar-refractivity contribution in [3.8, 4) is 11.5 Å². The molecule has 0 fully saturated rings. The predicted molar refractivity (Wildman–Crippen MR) is 51.7 cm³/mol. The third-order valence-corrected chi connectivity index (χ3v) is 2.60. The summed E-state index contributed by atoms with van der Waals surface area (Å²) >= 11 is 0. The van der Waals surface area contributed by atoms with E-state index in [-0.39, 0.29) is 11.5 Å². The monoisotopic (exact) mass is 232 g/mol. The van der Waals surface area contributed by atoms with E-state index in [2.05, 4.69) is 4.74 Å². The Kier molecular flexibility index (Phi) is 2.69. The molecule has 0 unspecified atom stereocenters. The van der Waals surface area contributed by atoms with Gasteiger partial charge in [0.2, 0.25) is 0 Å². The first-order valence-corrected chi connectivity index (χ1v) is 4.95. The van der Waals surface area contributed by atoms with Gasteiger partial charge in [0.15, 0.2) is 11.5 Å². The molecule has 1 aliphatic carbocycles. The molecule has 2 nitrogen and oxygen atoms in total. The summed E-state index contributed by atoms with van der Waals surface area (Å²) in [6.07, 6.45) is -2.03. The molecule has 2 rings (SSSR count). The molecular weight excluding hydrogens is 221 g/mol. The number of alkyl halides is 3. The van der Waals surface area contributed by atoms with Gasteiger partial charge in [-0.25, -0.2) is 0 Å². The second-order valence-corrected chi connectivity index (χ2v) is 3.67. The van der Waals surface area contributed by atoms with Gasteiger partial charge in [-0.1, -0.05) is 0 Å². The molecule has 88 valence electrons. The zero-order valence-corrected chi connectivity index (χ0v) is 8.73. The average molecular weight is 232 g/mol. The molecule has 1 aromatic carbocycles. The summed E-state index contributed by atoms with van der Waals surface area (Å²) in [7, 11) is 1.33. The van der Waals surface area contributed by atoms with Crippen molar-refractivity contribution >= 4 is 0 Å². The molecule has 0 amide bonds. The molecule has 0 saturated carbocycles. The Morgan fingerprint density at radius 2 is 1.62 bits per heavy atom. The SMILES string of the molecule is COc1cc2c(cc1OC(F)(F)F)CCC2. The number of methoxy groups -OCH3 is 1. The molecule has 5 heteroatoms. The van der Waals surface area contributed by atoms with Gasteiger partial charge in [0, 0.05) is 0 Å². The normalized spacial score (nSPS) is 14.8. The fourth-order valence-electron chi connectivity index (χ4n) is 1.94. The number of halogens is 3. The van der Waals surface area contributed by atoms with E-state index in [1.165, 1.54) is 13.2 Å². The maximum absolute atomic E-state index is 12.1. The number of benzene rings is 1. The van der Waals surface area contributed by atoms with Crippen molar-refractivity contribution in [3.63, 3.8) is 0 Å². The van der Waals surface area contributed by atoms with Crippen LogP contribution in [0.1, 0.15) is 17.5 Å². The second kappa shape index (κ2) is 3.88. The Morgan fingerprint density at radius 1 is 1.06 bits per heavy atom. The van der Waals surface area contributed by atoms with Gasteiger partial charge < -0.3 is 9.47 Å². The van der Waals surface area contributed by atoms with Crippen LogP contribution in [-0.2, 0) is 12.8 Å². The van der Waals surface area contributed by atoms with Crippen LogP contribution in [0.3, 0.4) is 0 Å². The summed E-state index contributed by atoms with van der Waals surface area (Å²) in [6.45, 7) is 0. The molecule has 1 aliphatic rings. The van der Waals surface area contributed by atoms with Crippen molar-refractivity contribution in [3.05, 3.63) is 23.3 Å². The van der Waals surface area contributed by atoms with Gasteiger partial charge in [-0.2, -0.15) is 0 Å². The molecular formula is C11H11F3O2. The first-order chi connectivity index (χ1) is 7.49. The first kappa shape index (κ1) is 11.1. The highest BCUT2D eigenvalue weighted by molar-refractivity contribution is 5.49. The summed E-state index contributed by atoms with van der Waals surface area (Å²) in [5.74, 6) is -0.117. The van der Waals surface area contributed by atoms with Crippen LogP contribution in [0.2, 0.25) is 0 Å². The molecule has 0 saturated heterocycles. The summed E-state index contributed by atoms with van der Waals surface area (Å²) in [5, 5.41) is 0. The zero-order valence-electron chi connectivity index (χ0n) is 8.73. The molecule has 0 aliphatic heterocycles. The van der Waals surface area contributed by atoms with Crippen molar-refractivity contribution in [2.24, 2.45) is 0 Å². The quantitative estimate of drug-likeness (QED) is 0.780. The summed E-state index contributed by atoms with van der Waals surface area (Å²) < 4.78 is 45.2. The van der Waals surface area contributed by atoms with Crippen LogP contribution in [0.25, 0.3) is 0 Å². The van der Waals surface area contributed by atoms with Gasteiger partial charge in [0.25, 0.3) is 0 Å². The number of hydrogen-bond donors (Lipinski definition) is 0. The van der Waals surface area contributed by atoms with Crippen molar-refractivity contribution in [1.29, 1.82) is 0 Å². The van der Waals surface area contributed by atoms with Crippen LogP contribution in [0, 0.1) is 0 Å². The molecule has 1 aromatic rings. The Labute approximate surface area is 91.0 Å².